The largest absolute Gasteiger partial charge is 0.494 e. The molecule has 1 heterocycles. The van der Waals surface area contributed by atoms with Gasteiger partial charge >= 0.3 is 5.97 Å². The minimum absolute atomic E-state index is 0.00817. The smallest absolute Gasteiger partial charge is 0.363 e. The molecule has 0 saturated carbocycles. The first-order valence-corrected chi connectivity index (χ1v) is 6.69. The summed E-state index contributed by atoms with van der Waals surface area (Å²) in [6.07, 6.45) is 1.39. The third-order valence-electron chi connectivity index (χ3n) is 3.17. The maximum Gasteiger partial charge on any atom is 0.363 e. The lowest BCUT2D eigenvalue weighted by Gasteiger charge is -2.01. The second kappa shape index (κ2) is 6.00. The zero-order valence-corrected chi connectivity index (χ0v) is 12.0. The van der Waals surface area contributed by atoms with E-state index in [9.17, 15) is 13.6 Å². The average Bonchev–Trinajstić information content (AvgIpc) is 2.89. The second-order valence-electron chi connectivity index (χ2n) is 4.74. The van der Waals surface area contributed by atoms with Crippen LogP contribution in [0.2, 0.25) is 0 Å². The molecule has 1 aliphatic rings. The Hall–Kier alpha value is -3.02. The predicted octanol–water partition coefficient (Wildman–Crippen LogP) is 3.32. The summed E-state index contributed by atoms with van der Waals surface area (Å²) < 4.78 is 36.7. The molecule has 2 aromatic rings. The average molecular weight is 315 g/mol. The van der Waals surface area contributed by atoms with E-state index in [0.717, 1.165) is 0 Å². The Morgan fingerprint density at radius 1 is 1.17 bits per heavy atom. The van der Waals surface area contributed by atoms with Gasteiger partial charge < -0.3 is 9.47 Å². The lowest BCUT2D eigenvalue weighted by Crippen LogP contribution is -2.05. The summed E-state index contributed by atoms with van der Waals surface area (Å²) in [5, 5.41) is 0. The molecule has 0 saturated heterocycles. The van der Waals surface area contributed by atoms with E-state index >= 15 is 0 Å². The van der Waals surface area contributed by atoms with Crippen LogP contribution >= 0.6 is 0 Å². The van der Waals surface area contributed by atoms with Crippen LogP contribution in [0.25, 0.3) is 6.08 Å². The first-order valence-electron chi connectivity index (χ1n) is 6.69. The van der Waals surface area contributed by atoms with Crippen LogP contribution < -0.4 is 4.74 Å². The van der Waals surface area contributed by atoms with E-state index in [1.807, 2.05) is 0 Å². The molecule has 116 valence electrons. The number of carbonyl (C=O) groups is 1. The highest BCUT2D eigenvalue weighted by Crippen LogP contribution is 2.22. The van der Waals surface area contributed by atoms with Gasteiger partial charge in [0.2, 0.25) is 5.90 Å². The van der Waals surface area contributed by atoms with Crippen LogP contribution in [-0.2, 0) is 9.53 Å². The number of hydrogen-bond donors (Lipinski definition) is 0. The topological polar surface area (TPSA) is 47.9 Å². The fraction of sp³-hybridized carbons (Fsp3) is 0.0588. The van der Waals surface area contributed by atoms with E-state index in [4.69, 9.17) is 9.47 Å². The number of methoxy groups -OCH3 is 1. The summed E-state index contributed by atoms with van der Waals surface area (Å²) in [5.74, 6) is -1.58. The molecule has 0 fully saturated rings. The molecule has 6 heteroatoms. The van der Waals surface area contributed by atoms with Gasteiger partial charge in [-0.3, -0.25) is 0 Å². The highest BCUT2D eigenvalue weighted by molar-refractivity contribution is 6.12. The summed E-state index contributed by atoms with van der Waals surface area (Å²) in [4.78, 5) is 15.9. The van der Waals surface area contributed by atoms with Crippen molar-refractivity contribution in [3.63, 3.8) is 0 Å². The number of aliphatic imine (C=N–C) groups is 1. The van der Waals surface area contributed by atoms with Crippen LogP contribution in [0.4, 0.5) is 8.78 Å². The molecule has 0 N–H and O–H groups in total. The van der Waals surface area contributed by atoms with E-state index in [1.54, 1.807) is 12.1 Å². The molecule has 3 rings (SSSR count). The molecule has 0 unspecified atom stereocenters. The molecule has 0 spiro atoms. The Bertz CT molecular complexity index is 843. The van der Waals surface area contributed by atoms with E-state index in [0.29, 0.717) is 11.1 Å². The van der Waals surface area contributed by atoms with Gasteiger partial charge in [0.1, 0.15) is 5.82 Å². The number of nitrogens with zero attached hydrogens (tertiary/aromatic N) is 1. The van der Waals surface area contributed by atoms with Crippen molar-refractivity contribution < 1.29 is 23.0 Å². The van der Waals surface area contributed by atoms with Crippen molar-refractivity contribution >= 4 is 17.9 Å². The monoisotopic (exact) mass is 315 g/mol. The Morgan fingerprint density at radius 3 is 2.70 bits per heavy atom. The minimum atomic E-state index is -0.680. The Labute approximate surface area is 130 Å². The van der Waals surface area contributed by atoms with E-state index in [2.05, 4.69) is 4.99 Å². The molecule has 4 nitrogen and oxygen atoms in total. The first kappa shape index (κ1) is 14.9. The maximum atomic E-state index is 13.7. The number of rotatable bonds is 3. The number of ether oxygens (including phenoxy) is 2. The number of esters is 1. The number of carbonyl (C=O) groups excluding carboxylic acids is 1. The molecule has 0 bridgehead atoms. The SMILES string of the molecule is COc1ccc(/C=C2/N=C(c3cccc(F)c3)OC2=O)cc1F. The van der Waals surface area contributed by atoms with Crippen LogP contribution in [0, 0.1) is 11.6 Å². The molecule has 0 aromatic heterocycles. The lowest BCUT2D eigenvalue weighted by atomic mass is 10.2. The molecule has 23 heavy (non-hydrogen) atoms. The Morgan fingerprint density at radius 2 is 2.00 bits per heavy atom. The number of benzene rings is 2. The molecule has 0 radical (unpaired) electrons. The van der Waals surface area contributed by atoms with Gasteiger partial charge in [0.05, 0.1) is 7.11 Å². The zero-order chi connectivity index (χ0) is 16.4. The summed E-state index contributed by atoms with van der Waals surface area (Å²) >= 11 is 0. The predicted molar refractivity (Wildman–Crippen MR) is 80.0 cm³/mol. The molecule has 1 aliphatic heterocycles. The highest BCUT2D eigenvalue weighted by atomic mass is 19.1. The van der Waals surface area contributed by atoms with Gasteiger partial charge in [-0.25, -0.2) is 18.6 Å². The van der Waals surface area contributed by atoms with E-state index in [1.165, 1.54) is 43.5 Å². The molecule has 2 aromatic carbocycles. The van der Waals surface area contributed by atoms with Gasteiger partial charge in [-0.2, -0.15) is 0 Å². The van der Waals surface area contributed by atoms with Gasteiger partial charge in [0.15, 0.2) is 17.3 Å². The molecular weight excluding hydrogens is 304 g/mol. The standard InChI is InChI=1S/C17H11F2NO3/c1-22-15-6-5-10(7-13(15)19)8-14-17(21)23-16(20-14)11-3-2-4-12(18)9-11/h2-9H,1H3/b14-8+. The quantitative estimate of drug-likeness (QED) is 0.645. The summed E-state index contributed by atoms with van der Waals surface area (Å²) in [6.45, 7) is 0. The van der Waals surface area contributed by atoms with Crippen molar-refractivity contribution in [3.8, 4) is 5.75 Å². The second-order valence-corrected chi connectivity index (χ2v) is 4.74. The zero-order valence-electron chi connectivity index (χ0n) is 12.0. The Balaban J connectivity index is 1.93. The van der Waals surface area contributed by atoms with Crippen LogP contribution in [0.3, 0.4) is 0 Å². The van der Waals surface area contributed by atoms with Crippen LogP contribution in [0.15, 0.2) is 53.2 Å². The number of hydrogen-bond acceptors (Lipinski definition) is 4. The summed E-state index contributed by atoms with van der Waals surface area (Å²) in [7, 11) is 1.36. The van der Waals surface area contributed by atoms with E-state index < -0.39 is 17.6 Å². The van der Waals surface area contributed by atoms with Crippen molar-refractivity contribution in [2.24, 2.45) is 4.99 Å². The van der Waals surface area contributed by atoms with Gasteiger partial charge in [0, 0.05) is 5.56 Å². The number of halogens is 2. The van der Waals surface area contributed by atoms with Crippen LogP contribution in [0.5, 0.6) is 5.75 Å². The Kier molecular flexibility index (Phi) is 3.89. The van der Waals surface area contributed by atoms with Gasteiger partial charge in [-0.1, -0.05) is 12.1 Å². The van der Waals surface area contributed by atoms with Gasteiger partial charge in [-0.05, 0) is 42.0 Å². The minimum Gasteiger partial charge on any atom is -0.494 e. The van der Waals surface area contributed by atoms with Gasteiger partial charge in [0.25, 0.3) is 0 Å². The maximum absolute atomic E-state index is 13.7. The van der Waals surface area contributed by atoms with Crippen LogP contribution in [0.1, 0.15) is 11.1 Å². The summed E-state index contributed by atoms with van der Waals surface area (Å²) in [6, 6.07) is 9.79. The van der Waals surface area contributed by atoms with Crippen molar-refractivity contribution in [2.45, 2.75) is 0 Å². The molecule has 0 amide bonds. The highest BCUT2D eigenvalue weighted by Gasteiger charge is 2.24. The lowest BCUT2D eigenvalue weighted by molar-refractivity contribution is -0.129. The van der Waals surface area contributed by atoms with E-state index in [-0.39, 0.29) is 17.3 Å². The summed E-state index contributed by atoms with van der Waals surface area (Å²) in [5.41, 5.74) is 0.788. The molecule has 0 atom stereocenters. The van der Waals surface area contributed by atoms with Crippen molar-refractivity contribution in [1.82, 2.24) is 0 Å². The first-order chi connectivity index (χ1) is 11.1. The van der Waals surface area contributed by atoms with Crippen LogP contribution in [-0.4, -0.2) is 19.0 Å². The fourth-order valence-electron chi connectivity index (χ4n) is 2.08. The van der Waals surface area contributed by atoms with Gasteiger partial charge in [-0.15, -0.1) is 0 Å². The molecule has 0 aliphatic carbocycles. The van der Waals surface area contributed by atoms with Crippen molar-refractivity contribution in [3.05, 3.63) is 70.9 Å². The van der Waals surface area contributed by atoms with Crippen molar-refractivity contribution in [2.75, 3.05) is 7.11 Å². The third kappa shape index (κ3) is 3.11. The third-order valence-corrected chi connectivity index (χ3v) is 3.17. The van der Waals surface area contributed by atoms with Crippen molar-refractivity contribution in [1.29, 1.82) is 0 Å². The molecular formula is C17H11F2NO3. The number of cyclic esters (lactones) is 1. The normalized spacial score (nSPS) is 15.5. The fourth-order valence-corrected chi connectivity index (χ4v) is 2.08.